The number of aromatic nitrogens is 4. The largest absolute Gasteiger partial charge is 0.354 e. The smallest absolute Gasteiger partial charge is 0.135 e. The van der Waals surface area contributed by atoms with Gasteiger partial charge in [0, 0.05) is 37.1 Å². The van der Waals surface area contributed by atoms with E-state index in [9.17, 15) is 0 Å². The zero-order valence-electron chi connectivity index (χ0n) is 16.0. The van der Waals surface area contributed by atoms with Gasteiger partial charge < -0.3 is 10.2 Å². The van der Waals surface area contributed by atoms with Gasteiger partial charge in [0.2, 0.25) is 0 Å². The highest BCUT2D eigenvalue weighted by Crippen LogP contribution is 2.39. The van der Waals surface area contributed by atoms with Crippen molar-refractivity contribution in [3.05, 3.63) is 46.5 Å². The van der Waals surface area contributed by atoms with Gasteiger partial charge in [0.1, 0.15) is 11.6 Å². The molecule has 0 bridgehead atoms. The van der Waals surface area contributed by atoms with E-state index in [0.29, 0.717) is 5.92 Å². The van der Waals surface area contributed by atoms with Crippen LogP contribution in [-0.2, 0) is 12.8 Å². The average Bonchev–Trinajstić information content (AvgIpc) is 3.16. The van der Waals surface area contributed by atoms with Gasteiger partial charge in [-0.25, -0.2) is 9.97 Å². The first-order chi connectivity index (χ1) is 13.2. The molecule has 1 aromatic carbocycles. The molecule has 1 unspecified atom stereocenters. The van der Waals surface area contributed by atoms with E-state index in [1.165, 1.54) is 33.6 Å². The third-order valence-electron chi connectivity index (χ3n) is 6.07. The van der Waals surface area contributed by atoms with Crippen molar-refractivity contribution in [3.63, 3.8) is 0 Å². The van der Waals surface area contributed by atoms with E-state index in [-0.39, 0.29) is 0 Å². The second kappa shape index (κ2) is 6.60. The Morgan fingerprint density at radius 3 is 2.81 bits per heavy atom. The lowest BCUT2D eigenvalue weighted by Crippen LogP contribution is -2.44. The van der Waals surface area contributed by atoms with Gasteiger partial charge in [-0.1, -0.05) is 6.07 Å². The summed E-state index contributed by atoms with van der Waals surface area (Å²) in [5.74, 6) is 2.56. The molecule has 140 valence electrons. The Hall–Kier alpha value is -2.47. The summed E-state index contributed by atoms with van der Waals surface area (Å²) in [5.41, 5.74) is 6.53. The van der Waals surface area contributed by atoms with Crippen LogP contribution in [0, 0.1) is 13.8 Å². The Balaban J connectivity index is 1.54. The predicted molar refractivity (Wildman–Crippen MR) is 107 cm³/mol. The van der Waals surface area contributed by atoms with Crippen molar-refractivity contribution in [3.8, 4) is 0 Å². The van der Waals surface area contributed by atoms with Crippen LogP contribution < -0.4 is 10.2 Å². The van der Waals surface area contributed by atoms with Crippen molar-refractivity contribution in [2.45, 2.75) is 39.0 Å². The van der Waals surface area contributed by atoms with Crippen molar-refractivity contribution in [1.82, 2.24) is 25.5 Å². The van der Waals surface area contributed by atoms with Crippen LogP contribution in [0.5, 0.6) is 0 Å². The van der Waals surface area contributed by atoms with Crippen molar-refractivity contribution >= 4 is 16.7 Å². The Kier molecular flexibility index (Phi) is 4.08. The molecule has 2 aromatic heterocycles. The van der Waals surface area contributed by atoms with Crippen LogP contribution in [0.1, 0.15) is 40.5 Å². The van der Waals surface area contributed by atoms with Crippen molar-refractivity contribution in [2.75, 3.05) is 31.1 Å². The van der Waals surface area contributed by atoms with Crippen LogP contribution in [0.4, 0.5) is 5.82 Å². The minimum atomic E-state index is 0.490. The molecule has 1 aliphatic heterocycles. The molecule has 1 fully saturated rings. The Bertz CT molecular complexity index is 986. The normalized spacial score (nSPS) is 20.1. The maximum Gasteiger partial charge on any atom is 0.135 e. The van der Waals surface area contributed by atoms with Crippen LogP contribution >= 0.6 is 0 Å². The zero-order chi connectivity index (χ0) is 18.4. The number of nitrogens with zero attached hydrogens (tertiary/aromatic N) is 4. The van der Waals surface area contributed by atoms with E-state index in [1.807, 2.05) is 13.1 Å². The monoisotopic (exact) mass is 362 g/mol. The Morgan fingerprint density at radius 2 is 1.96 bits per heavy atom. The molecule has 0 saturated carbocycles. The number of aromatic amines is 1. The minimum absolute atomic E-state index is 0.490. The third kappa shape index (κ3) is 2.88. The summed E-state index contributed by atoms with van der Waals surface area (Å²) in [6.45, 7) is 8.36. The molecule has 27 heavy (non-hydrogen) atoms. The molecule has 3 aromatic rings. The van der Waals surface area contributed by atoms with Gasteiger partial charge >= 0.3 is 0 Å². The van der Waals surface area contributed by atoms with Gasteiger partial charge in [0.15, 0.2) is 0 Å². The van der Waals surface area contributed by atoms with Gasteiger partial charge in [0.05, 0.1) is 17.4 Å². The second-order valence-electron chi connectivity index (χ2n) is 7.82. The first kappa shape index (κ1) is 16.7. The summed E-state index contributed by atoms with van der Waals surface area (Å²) >= 11 is 0. The third-order valence-corrected chi connectivity index (χ3v) is 6.07. The summed E-state index contributed by atoms with van der Waals surface area (Å²) in [4.78, 5) is 12.1. The summed E-state index contributed by atoms with van der Waals surface area (Å²) < 4.78 is 0. The summed E-state index contributed by atoms with van der Waals surface area (Å²) in [7, 11) is 0. The first-order valence-corrected chi connectivity index (χ1v) is 9.95. The molecule has 0 radical (unpaired) electrons. The van der Waals surface area contributed by atoms with Gasteiger partial charge in [-0.15, -0.1) is 0 Å². The number of nitrogens with one attached hydrogen (secondary N) is 2. The summed E-state index contributed by atoms with van der Waals surface area (Å²) in [6, 6.07) is 4.34. The van der Waals surface area contributed by atoms with E-state index in [0.717, 1.165) is 56.8 Å². The molecule has 0 amide bonds. The number of piperazine rings is 1. The van der Waals surface area contributed by atoms with Crippen LogP contribution in [0.2, 0.25) is 0 Å². The van der Waals surface area contributed by atoms with Crippen LogP contribution in [0.25, 0.3) is 10.9 Å². The predicted octanol–water partition coefficient (Wildman–Crippen LogP) is 2.65. The zero-order valence-corrected chi connectivity index (χ0v) is 16.0. The number of aryl methyl sites for hydroxylation is 2. The maximum atomic E-state index is 4.87. The molecule has 2 N–H and O–H groups in total. The molecule has 2 aliphatic rings. The molecule has 0 spiro atoms. The van der Waals surface area contributed by atoms with Crippen molar-refractivity contribution < 1.29 is 0 Å². The Labute approximate surface area is 159 Å². The quantitative estimate of drug-likeness (QED) is 0.733. The number of benzene rings is 1. The molecule has 1 aliphatic carbocycles. The van der Waals surface area contributed by atoms with Crippen molar-refractivity contribution in [2.24, 2.45) is 0 Å². The van der Waals surface area contributed by atoms with E-state index < -0.39 is 0 Å². The number of hydrogen-bond donors (Lipinski definition) is 2. The van der Waals surface area contributed by atoms with Crippen LogP contribution in [0.3, 0.4) is 0 Å². The molecule has 6 nitrogen and oxygen atoms in total. The molecule has 1 saturated heterocycles. The van der Waals surface area contributed by atoms with Gasteiger partial charge in [-0.3, -0.25) is 5.10 Å². The Morgan fingerprint density at radius 1 is 1.11 bits per heavy atom. The van der Waals surface area contributed by atoms with Gasteiger partial charge in [-0.05, 0) is 56.2 Å². The number of rotatable bonds is 2. The first-order valence-electron chi connectivity index (χ1n) is 9.95. The topological polar surface area (TPSA) is 69.7 Å². The molecule has 6 heteroatoms. The molecular weight excluding hydrogens is 336 g/mol. The van der Waals surface area contributed by atoms with Crippen LogP contribution in [0.15, 0.2) is 18.3 Å². The number of H-pyrrole nitrogens is 1. The standard InChI is InChI=1S/C21H26N6/c1-13-3-6-18-17(12-23-26-18)20(13)15-4-5-16-19(11-15)24-14(2)25-21(16)27-9-7-22-8-10-27/h3,6,12,15,22H,4-5,7-11H2,1-2H3,(H,23,26). The summed E-state index contributed by atoms with van der Waals surface area (Å²) in [6.07, 6.45) is 5.16. The van der Waals surface area contributed by atoms with Crippen molar-refractivity contribution in [1.29, 1.82) is 0 Å². The fourth-order valence-electron chi connectivity index (χ4n) is 4.79. The lowest BCUT2D eigenvalue weighted by molar-refractivity contribution is 0.552. The fraction of sp³-hybridized carbons (Fsp3) is 0.476. The van der Waals surface area contributed by atoms with Crippen LogP contribution in [-0.4, -0.2) is 46.3 Å². The summed E-state index contributed by atoms with van der Waals surface area (Å²) in [5, 5.41) is 12.1. The van der Waals surface area contributed by atoms with E-state index in [2.05, 4.69) is 39.5 Å². The van der Waals surface area contributed by atoms with Gasteiger partial charge in [-0.2, -0.15) is 5.10 Å². The van der Waals surface area contributed by atoms with E-state index >= 15 is 0 Å². The molecule has 5 rings (SSSR count). The van der Waals surface area contributed by atoms with Gasteiger partial charge in [0.25, 0.3) is 0 Å². The average molecular weight is 362 g/mol. The lowest BCUT2D eigenvalue weighted by atomic mass is 9.79. The number of hydrogen-bond acceptors (Lipinski definition) is 5. The molecule has 3 heterocycles. The highest BCUT2D eigenvalue weighted by molar-refractivity contribution is 5.83. The minimum Gasteiger partial charge on any atom is -0.354 e. The highest BCUT2D eigenvalue weighted by atomic mass is 15.2. The SMILES string of the molecule is Cc1nc2c(c(N3CCNCC3)n1)CCC(c1c(C)ccc3[nH]ncc13)C2. The number of anilines is 1. The van der Waals surface area contributed by atoms with E-state index in [1.54, 1.807) is 0 Å². The molecule has 1 atom stereocenters. The highest BCUT2D eigenvalue weighted by Gasteiger charge is 2.28. The molecular formula is C21H26N6. The number of fused-ring (bicyclic) bond motifs is 2. The fourth-order valence-corrected chi connectivity index (χ4v) is 4.79. The van der Waals surface area contributed by atoms with E-state index in [4.69, 9.17) is 9.97 Å². The maximum absolute atomic E-state index is 4.87. The lowest BCUT2D eigenvalue weighted by Gasteiger charge is -2.33. The second-order valence-corrected chi connectivity index (χ2v) is 7.82.